The van der Waals surface area contributed by atoms with E-state index in [1.54, 1.807) is 0 Å². The minimum atomic E-state index is -0.833. The van der Waals surface area contributed by atoms with Crippen molar-refractivity contribution >= 4 is 23.9 Å². The highest BCUT2D eigenvalue weighted by Gasteiger charge is 2.42. The summed E-state index contributed by atoms with van der Waals surface area (Å²) in [4.78, 5) is 42.1. The summed E-state index contributed by atoms with van der Waals surface area (Å²) in [5.74, 6) is -2.31. The molecule has 1 heterocycles. The van der Waals surface area contributed by atoms with Gasteiger partial charge in [0.2, 0.25) is 0 Å². The third-order valence-electron chi connectivity index (χ3n) is 2.81. The standard InChI is InChI=1S/C13H20O8.C2H4O2/c1-7(14)18-6-12-10(19-8(2)15)5-11(20-9(3)16)13(17-4)21-12;1-2(3)4/h10-13H,5-6H2,1-4H3;1H3,(H,3,4)/t10?,11-,12+,13?;/m1./s1. The van der Waals surface area contributed by atoms with Gasteiger partial charge in [0.1, 0.15) is 18.8 Å². The summed E-state index contributed by atoms with van der Waals surface area (Å²) in [5.41, 5.74) is 0. The van der Waals surface area contributed by atoms with Crippen molar-refractivity contribution in [1.82, 2.24) is 0 Å². The number of methoxy groups -OCH3 is 1. The highest BCUT2D eigenvalue weighted by molar-refractivity contribution is 5.67. The predicted octanol–water partition coefficient (Wildman–Crippen LogP) is 0.265. The fourth-order valence-corrected chi connectivity index (χ4v) is 2.05. The van der Waals surface area contributed by atoms with Gasteiger partial charge < -0.3 is 28.8 Å². The number of carboxylic acids is 1. The Morgan fingerprint density at radius 3 is 1.84 bits per heavy atom. The number of carbonyl (C=O) groups excluding carboxylic acids is 3. The van der Waals surface area contributed by atoms with Gasteiger partial charge >= 0.3 is 17.9 Å². The van der Waals surface area contributed by atoms with E-state index >= 15 is 0 Å². The first-order chi connectivity index (χ1) is 11.6. The SMILES string of the molecule is CC(=O)O.COC1O[C@@H](COC(C)=O)C(OC(C)=O)C[C@H]1OC(C)=O. The van der Waals surface area contributed by atoms with Gasteiger partial charge in [-0.05, 0) is 0 Å². The predicted molar refractivity (Wildman–Crippen MR) is 81.3 cm³/mol. The zero-order chi connectivity index (χ0) is 19.6. The van der Waals surface area contributed by atoms with Gasteiger partial charge in [-0.25, -0.2) is 0 Å². The molecule has 1 aliphatic heterocycles. The molecule has 2 unspecified atom stereocenters. The van der Waals surface area contributed by atoms with E-state index in [1.165, 1.54) is 27.9 Å². The minimum Gasteiger partial charge on any atom is -0.481 e. The lowest BCUT2D eigenvalue weighted by molar-refractivity contribution is -0.270. The van der Waals surface area contributed by atoms with Crippen molar-refractivity contribution < 1.29 is 48.0 Å². The fourth-order valence-electron chi connectivity index (χ4n) is 2.05. The fraction of sp³-hybridized carbons (Fsp3) is 0.733. The number of esters is 3. The molecule has 1 rings (SSSR count). The molecular formula is C15H24O10. The molecule has 10 nitrogen and oxygen atoms in total. The monoisotopic (exact) mass is 364 g/mol. The molecule has 0 amide bonds. The summed E-state index contributed by atoms with van der Waals surface area (Å²) >= 11 is 0. The smallest absolute Gasteiger partial charge is 0.303 e. The van der Waals surface area contributed by atoms with Gasteiger partial charge in [-0.3, -0.25) is 19.2 Å². The van der Waals surface area contributed by atoms with Crippen molar-refractivity contribution in [2.75, 3.05) is 13.7 Å². The summed E-state index contributed by atoms with van der Waals surface area (Å²) in [6.45, 7) is 4.78. The molecular weight excluding hydrogens is 340 g/mol. The van der Waals surface area contributed by atoms with Crippen LogP contribution in [0.15, 0.2) is 0 Å². The summed E-state index contributed by atoms with van der Waals surface area (Å²) < 4.78 is 25.8. The molecule has 144 valence electrons. The zero-order valence-corrected chi connectivity index (χ0v) is 14.8. The molecule has 25 heavy (non-hydrogen) atoms. The Morgan fingerprint density at radius 1 is 0.960 bits per heavy atom. The summed E-state index contributed by atoms with van der Waals surface area (Å²) in [6.07, 6.45) is -2.71. The Kier molecular flexibility index (Phi) is 10.4. The van der Waals surface area contributed by atoms with E-state index in [0.29, 0.717) is 0 Å². The van der Waals surface area contributed by atoms with Crippen LogP contribution in [-0.2, 0) is 42.9 Å². The first-order valence-electron chi connectivity index (χ1n) is 7.42. The van der Waals surface area contributed by atoms with Crippen molar-refractivity contribution in [1.29, 1.82) is 0 Å². The van der Waals surface area contributed by atoms with E-state index in [0.717, 1.165) is 6.92 Å². The number of rotatable bonds is 5. The van der Waals surface area contributed by atoms with Crippen LogP contribution in [0, 0.1) is 0 Å². The van der Waals surface area contributed by atoms with E-state index in [4.69, 9.17) is 33.6 Å². The van der Waals surface area contributed by atoms with Crippen LogP contribution in [0.1, 0.15) is 34.1 Å². The lowest BCUT2D eigenvalue weighted by Crippen LogP contribution is -2.52. The summed E-state index contributed by atoms with van der Waals surface area (Å²) in [6, 6.07) is 0. The van der Waals surface area contributed by atoms with Crippen molar-refractivity contribution in [3.05, 3.63) is 0 Å². The van der Waals surface area contributed by atoms with E-state index in [9.17, 15) is 14.4 Å². The second kappa shape index (κ2) is 11.4. The van der Waals surface area contributed by atoms with E-state index in [-0.39, 0.29) is 13.0 Å². The van der Waals surface area contributed by atoms with Crippen molar-refractivity contribution in [2.24, 2.45) is 0 Å². The quantitative estimate of drug-likeness (QED) is 0.534. The van der Waals surface area contributed by atoms with Gasteiger partial charge in [0.15, 0.2) is 12.4 Å². The molecule has 0 spiro atoms. The average molecular weight is 364 g/mol. The third-order valence-corrected chi connectivity index (χ3v) is 2.81. The minimum absolute atomic E-state index is 0.0834. The number of hydrogen-bond donors (Lipinski definition) is 1. The lowest BCUT2D eigenvalue weighted by atomic mass is 10.0. The molecule has 0 bridgehead atoms. The molecule has 1 aliphatic rings. The van der Waals surface area contributed by atoms with Crippen LogP contribution >= 0.6 is 0 Å². The first-order valence-corrected chi connectivity index (χ1v) is 7.42. The molecule has 1 N–H and O–H groups in total. The van der Waals surface area contributed by atoms with E-state index in [1.807, 2.05) is 0 Å². The van der Waals surface area contributed by atoms with Crippen molar-refractivity contribution in [3.8, 4) is 0 Å². The maximum atomic E-state index is 11.2. The number of ether oxygens (including phenoxy) is 5. The van der Waals surface area contributed by atoms with Gasteiger partial charge in [0.05, 0.1) is 0 Å². The molecule has 0 saturated carbocycles. The van der Waals surface area contributed by atoms with Gasteiger partial charge in [-0.1, -0.05) is 0 Å². The first kappa shape index (κ1) is 22.8. The van der Waals surface area contributed by atoms with Gasteiger partial charge in [-0.2, -0.15) is 0 Å². The van der Waals surface area contributed by atoms with E-state index < -0.39 is 48.5 Å². The van der Waals surface area contributed by atoms with Gasteiger partial charge in [0.25, 0.3) is 5.97 Å². The van der Waals surface area contributed by atoms with Crippen LogP contribution in [0.3, 0.4) is 0 Å². The molecule has 0 aromatic rings. The molecule has 4 atom stereocenters. The Morgan fingerprint density at radius 2 is 1.44 bits per heavy atom. The Hall–Kier alpha value is -2.20. The topological polar surface area (TPSA) is 135 Å². The Balaban J connectivity index is 0.00000129. The maximum Gasteiger partial charge on any atom is 0.303 e. The zero-order valence-electron chi connectivity index (χ0n) is 14.8. The van der Waals surface area contributed by atoms with E-state index in [2.05, 4.69) is 0 Å². The second-order valence-electron chi connectivity index (χ2n) is 5.13. The van der Waals surface area contributed by atoms with Gasteiger partial charge in [-0.15, -0.1) is 0 Å². The molecule has 0 radical (unpaired) electrons. The second-order valence-corrected chi connectivity index (χ2v) is 5.13. The van der Waals surface area contributed by atoms with Gasteiger partial charge in [0, 0.05) is 41.2 Å². The molecule has 0 aromatic heterocycles. The summed E-state index contributed by atoms with van der Waals surface area (Å²) in [7, 11) is 1.40. The van der Waals surface area contributed by atoms with Crippen LogP contribution in [0.25, 0.3) is 0 Å². The highest BCUT2D eigenvalue weighted by atomic mass is 16.7. The molecule has 10 heteroatoms. The van der Waals surface area contributed by atoms with Crippen LogP contribution in [0.5, 0.6) is 0 Å². The third kappa shape index (κ3) is 10.3. The molecule has 0 aliphatic carbocycles. The van der Waals surface area contributed by atoms with Crippen LogP contribution < -0.4 is 0 Å². The Labute approximate surface area is 145 Å². The number of carbonyl (C=O) groups is 4. The number of aliphatic carboxylic acids is 1. The van der Waals surface area contributed by atoms with Crippen molar-refractivity contribution in [2.45, 2.75) is 58.7 Å². The molecule has 0 aromatic carbocycles. The lowest BCUT2D eigenvalue weighted by Gasteiger charge is -2.39. The molecule has 1 fully saturated rings. The van der Waals surface area contributed by atoms with Crippen LogP contribution in [0.2, 0.25) is 0 Å². The average Bonchev–Trinajstić information content (AvgIpc) is 2.44. The maximum absolute atomic E-state index is 11.2. The Bertz CT molecular complexity index is 471. The number of carboxylic acid groups (broad SMARTS) is 1. The van der Waals surface area contributed by atoms with Crippen molar-refractivity contribution in [3.63, 3.8) is 0 Å². The molecule has 1 saturated heterocycles. The normalized spacial score (nSPS) is 25.0. The van der Waals surface area contributed by atoms with Crippen LogP contribution in [0.4, 0.5) is 0 Å². The largest absolute Gasteiger partial charge is 0.481 e. The summed E-state index contributed by atoms with van der Waals surface area (Å²) in [5, 5.41) is 7.42. The van der Waals surface area contributed by atoms with Crippen LogP contribution in [-0.4, -0.2) is 67.3 Å². The highest BCUT2D eigenvalue weighted by Crippen LogP contribution is 2.26. The number of hydrogen-bond acceptors (Lipinski definition) is 9.